The van der Waals surface area contributed by atoms with E-state index in [1.807, 2.05) is 49.5 Å². The van der Waals surface area contributed by atoms with Crippen LogP contribution in [0.5, 0.6) is 5.75 Å². The summed E-state index contributed by atoms with van der Waals surface area (Å²) in [6, 6.07) is 13.7. The summed E-state index contributed by atoms with van der Waals surface area (Å²) < 4.78 is 7.74. The number of rotatable bonds is 1. The van der Waals surface area contributed by atoms with Gasteiger partial charge in [0.15, 0.2) is 4.96 Å². The van der Waals surface area contributed by atoms with Crippen LogP contribution in [0.15, 0.2) is 52.2 Å². The number of thiazole rings is 1. The minimum Gasteiger partial charge on any atom is -0.497 e. The molecule has 0 spiro atoms. The molecule has 1 aliphatic heterocycles. The second-order valence-corrected chi connectivity index (χ2v) is 7.76. The number of methoxy groups -OCH3 is 1. The summed E-state index contributed by atoms with van der Waals surface area (Å²) in [6.07, 6.45) is 0. The summed E-state index contributed by atoms with van der Waals surface area (Å²) in [5.74, 6) is 0.807. The minimum atomic E-state index is -0.0113. The molecule has 0 saturated heterocycles. The van der Waals surface area contributed by atoms with E-state index in [9.17, 15) is 4.79 Å². The van der Waals surface area contributed by atoms with Crippen molar-refractivity contribution in [3.05, 3.63) is 57.4 Å². The first kappa shape index (κ1) is 14.8. The monoisotopic (exact) mass is 367 g/mol. The molecule has 2 aromatic carbocycles. The van der Waals surface area contributed by atoms with Crippen LogP contribution in [-0.4, -0.2) is 23.5 Å². The molecule has 25 heavy (non-hydrogen) atoms. The maximum absolute atomic E-state index is 13.1. The largest absolute Gasteiger partial charge is 0.497 e. The van der Waals surface area contributed by atoms with Gasteiger partial charge in [-0.2, -0.15) is 0 Å². The lowest BCUT2D eigenvalue weighted by Gasteiger charge is -2.13. The molecule has 4 aromatic rings. The Morgan fingerprint density at radius 1 is 1.16 bits per heavy atom. The highest BCUT2D eigenvalue weighted by molar-refractivity contribution is 8.08. The molecule has 0 saturated carbocycles. The zero-order chi connectivity index (χ0) is 17.1. The van der Waals surface area contributed by atoms with E-state index in [2.05, 4.69) is 9.88 Å². The van der Waals surface area contributed by atoms with Gasteiger partial charge in [-0.05, 0) is 24.3 Å². The molecule has 0 aliphatic carbocycles. The zero-order valence-electron chi connectivity index (χ0n) is 13.5. The summed E-state index contributed by atoms with van der Waals surface area (Å²) in [6.45, 7) is 0. The third-order valence-corrected chi connectivity index (χ3v) is 6.75. The van der Waals surface area contributed by atoms with E-state index in [1.165, 1.54) is 11.3 Å². The van der Waals surface area contributed by atoms with Gasteiger partial charge < -0.3 is 9.64 Å². The molecule has 5 nitrogen and oxygen atoms in total. The maximum atomic E-state index is 13.1. The lowest BCUT2D eigenvalue weighted by atomic mass is 10.3. The average molecular weight is 367 g/mol. The van der Waals surface area contributed by atoms with Gasteiger partial charge in [0, 0.05) is 18.0 Å². The fraction of sp³-hybridized carbons (Fsp3) is 0.111. The first-order valence-corrected chi connectivity index (χ1v) is 9.34. The quantitative estimate of drug-likeness (QED) is 0.518. The number of thioether (sulfide) groups is 1. The maximum Gasteiger partial charge on any atom is 0.277 e. The Labute approximate surface area is 151 Å². The molecule has 0 atom stereocenters. The van der Waals surface area contributed by atoms with Crippen LogP contribution in [0.1, 0.15) is 0 Å². The Kier molecular flexibility index (Phi) is 3.10. The molecular formula is C18H13N3O2S2. The summed E-state index contributed by atoms with van der Waals surface area (Å²) in [7, 11) is 3.64. The molecule has 7 heteroatoms. The number of benzene rings is 2. The van der Waals surface area contributed by atoms with E-state index in [-0.39, 0.29) is 5.56 Å². The number of nitrogens with zero attached hydrogens (tertiary/aromatic N) is 3. The van der Waals surface area contributed by atoms with E-state index in [0.29, 0.717) is 0 Å². The van der Waals surface area contributed by atoms with Crippen LogP contribution in [0.4, 0.5) is 5.69 Å². The van der Waals surface area contributed by atoms with Crippen LogP contribution >= 0.6 is 23.1 Å². The molecule has 5 rings (SSSR count). The summed E-state index contributed by atoms with van der Waals surface area (Å²) in [5, 5.41) is 0.938. The summed E-state index contributed by atoms with van der Waals surface area (Å²) in [4.78, 5) is 21.6. The summed E-state index contributed by atoms with van der Waals surface area (Å²) >= 11 is 3.05. The molecule has 0 fully saturated rings. The van der Waals surface area contributed by atoms with Crippen LogP contribution in [0.3, 0.4) is 0 Å². The molecule has 124 valence electrons. The van der Waals surface area contributed by atoms with Crippen molar-refractivity contribution >= 4 is 49.8 Å². The number of hydrogen-bond donors (Lipinski definition) is 0. The molecule has 1 aliphatic rings. The zero-order valence-corrected chi connectivity index (χ0v) is 15.1. The van der Waals surface area contributed by atoms with Gasteiger partial charge in [-0.1, -0.05) is 35.2 Å². The van der Waals surface area contributed by atoms with Crippen molar-refractivity contribution in [3.63, 3.8) is 0 Å². The normalized spacial score (nSPS) is 16.0. The van der Waals surface area contributed by atoms with Gasteiger partial charge in [-0.3, -0.25) is 4.79 Å². The van der Waals surface area contributed by atoms with Crippen molar-refractivity contribution in [1.29, 1.82) is 0 Å². The third-order valence-electron chi connectivity index (χ3n) is 4.35. The van der Waals surface area contributed by atoms with Crippen molar-refractivity contribution in [3.8, 4) is 5.75 Å². The van der Waals surface area contributed by atoms with E-state index in [0.717, 1.165) is 41.9 Å². The van der Waals surface area contributed by atoms with E-state index in [1.54, 1.807) is 23.3 Å². The first-order valence-electron chi connectivity index (χ1n) is 7.71. The third kappa shape index (κ3) is 2.03. The number of hydrogen-bond acceptors (Lipinski definition) is 6. The molecule has 0 N–H and O–H groups in total. The predicted molar refractivity (Wildman–Crippen MR) is 103 cm³/mol. The van der Waals surface area contributed by atoms with Gasteiger partial charge in [0.2, 0.25) is 0 Å². The highest BCUT2D eigenvalue weighted by Crippen LogP contribution is 2.46. The van der Waals surface area contributed by atoms with Crippen molar-refractivity contribution in [2.45, 2.75) is 4.90 Å². The predicted octanol–water partition coefficient (Wildman–Crippen LogP) is 2.94. The Morgan fingerprint density at radius 2 is 2.00 bits per heavy atom. The number of para-hydroxylation sites is 2. The van der Waals surface area contributed by atoms with Crippen molar-refractivity contribution in [2.24, 2.45) is 0 Å². The molecular weight excluding hydrogens is 354 g/mol. The lowest BCUT2D eigenvalue weighted by molar-refractivity contribution is 0.414. The van der Waals surface area contributed by atoms with Gasteiger partial charge in [0.1, 0.15) is 15.3 Å². The second kappa shape index (κ2) is 5.24. The lowest BCUT2D eigenvalue weighted by Crippen LogP contribution is -2.28. The SMILES string of the molecule is COc1ccc2c(c1)N(C)C(=c1sc3nc4ccccc4n3c1=O)S2. The number of fused-ring (bicyclic) bond motifs is 4. The van der Waals surface area contributed by atoms with E-state index in [4.69, 9.17) is 4.74 Å². The van der Waals surface area contributed by atoms with Crippen molar-refractivity contribution < 1.29 is 4.74 Å². The van der Waals surface area contributed by atoms with Gasteiger partial charge in [0.05, 0.1) is 23.8 Å². The van der Waals surface area contributed by atoms with E-state index < -0.39 is 0 Å². The number of imidazole rings is 1. The van der Waals surface area contributed by atoms with Gasteiger partial charge in [-0.15, -0.1) is 0 Å². The molecule has 2 aromatic heterocycles. The van der Waals surface area contributed by atoms with Gasteiger partial charge in [0.25, 0.3) is 5.56 Å². The fourth-order valence-corrected chi connectivity index (χ4v) is 5.41. The number of ether oxygens (including phenoxy) is 1. The van der Waals surface area contributed by atoms with Crippen LogP contribution < -0.4 is 19.7 Å². The smallest absolute Gasteiger partial charge is 0.277 e. The first-order chi connectivity index (χ1) is 12.2. The second-order valence-electron chi connectivity index (χ2n) is 5.75. The van der Waals surface area contributed by atoms with Crippen LogP contribution in [0, 0.1) is 0 Å². The molecule has 0 bridgehead atoms. The van der Waals surface area contributed by atoms with Crippen LogP contribution in [0.25, 0.3) is 21.0 Å². The fourth-order valence-electron chi connectivity index (χ4n) is 3.09. The van der Waals surface area contributed by atoms with E-state index >= 15 is 0 Å². The Hall–Kier alpha value is -2.51. The standard InChI is InChI=1S/C18H13N3O2S2/c1-20-13-9-10(23-2)7-8-14(13)24-17(20)15-16(22)21-12-6-4-3-5-11(12)19-18(21)25-15/h3-9H,1-2H3. The molecule has 0 unspecified atom stereocenters. The van der Waals surface area contributed by atoms with Crippen molar-refractivity contribution in [2.75, 3.05) is 19.1 Å². The summed E-state index contributed by atoms with van der Waals surface area (Å²) in [5.41, 5.74) is 2.75. The number of aromatic nitrogens is 2. The van der Waals surface area contributed by atoms with Crippen LogP contribution in [-0.2, 0) is 0 Å². The molecule has 3 heterocycles. The van der Waals surface area contributed by atoms with Crippen molar-refractivity contribution in [1.82, 2.24) is 9.38 Å². The topological polar surface area (TPSA) is 46.8 Å². The Bertz CT molecular complexity index is 1260. The van der Waals surface area contributed by atoms with Gasteiger partial charge >= 0.3 is 0 Å². The minimum absolute atomic E-state index is 0.0113. The van der Waals surface area contributed by atoms with Gasteiger partial charge in [-0.25, -0.2) is 9.38 Å². The number of anilines is 1. The van der Waals surface area contributed by atoms with Crippen LogP contribution in [0.2, 0.25) is 0 Å². The average Bonchev–Trinajstić information content (AvgIpc) is 3.26. The highest BCUT2D eigenvalue weighted by atomic mass is 32.2. The Balaban J connectivity index is 1.78. The molecule has 0 amide bonds. The highest BCUT2D eigenvalue weighted by Gasteiger charge is 2.25. The Morgan fingerprint density at radius 3 is 2.84 bits per heavy atom. The molecule has 0 radical (unpaired) electrons.